The van der Waals surface area contributed by atoms with Crippen LogP contribution in [0, 0.1) is 6.92 Å². The van der Waals surface area contributed by atoms with E-state index in [2.05, 4.69) is 5.32 Å². The monoisotopic (exact) mass is 317 g/mol. The number of anilines is 1. The van der Waals surface area contributed by atoms with E-state index in [-0.39, 0.29) is 18.4 Å². The Morgan fingerprint density at radius 3 is 2.48 bits per heavy atom. The van der Waals surface area contributed by atoms with Gasteiger partial charge >= 0.3 is 6.03 Å². The third-order valence-electron chi connectivity index (χ3n) is 3.91. The molecule has 0 bridgehead atoms. The first kappa shape index (κ1) is 17.0. The van der Waals surface area contributed by atoms with Crippen LogP contribution in [-0.2, 0) is 9.59 Å². The van der Waals surface area contributed by atoms with Gasteiger partial charge in [-0.05, 0) is 32.4 Å². The molecular formula is C17H23N3O3. The number of amides is 4. The summed E-state index contributed by atoms with van der Waals surface area (Å²) in [7, 11) is 0. The maximum absolute atomic E-state index is 12.5. The molecule has 0 aromatic heterocycles. The van der Waals surface area contributed by atoms with E-state index in [1.807, 2.05) is 38.1 Å². The highest BCUT2D eigenvalue weighted by atomic mass is 16.2. The molecule has 1 fully saturated rings. The minimum absolute atomic E-state index is 0.228. The lowest BCUT2D eigenvalue weighted by Gasteiger charge is -2.19. The summed E-state index contributed by atoms with van der Waals surface area (Å²) >= 11 is 0. The lowest BCUT2D eigenvalue weighted by Crippen LogP contribution is -2.41. The zero-order valence-electron chi connectivity index (χ0n) is 13.8. The van der Waals surface area contributed by atoms with Crippen molar-refractivity contribution in [3.05, 3.63) is 29.8 Å². The minimum atomic E-state index is -0.603. The molecule has 1 saturated heterocycles. The smallest absolute Gasteiger partial charge is 0.332 e. The van der Waals surface area contributed by atoms with Gasteiger partial charge in [-0.25, -0.2) is 4.79 Å². The summed E-state index contributed by atoms with van der Waals surface area (Å²) in [5.41, 5.74) is 1.74. The topological polar surface area (TPSA) is 69.7 Å². The average Bonchev–Trinajstić information content (AvgIpc) is 2.73. The summed E-state index contributed by atoms with van der Waals surface area (Å²) in [6.07, 6.45) is 1.85. The number of hydrogen-bond acceptors (Lipinski definition) is 3. The Morgan fingerprint density at radius 2 is 1.87 bits per heavy atom. The van der Waals surface area contributed by atoms with E-state index in [1.165, 1.54) is 4.90 Å². The fourth-order valence-corrected chi connectivity index (χ4v) is 2.51. The van der Waals surface area contributed by atoms with E-state index in [9.17, 15) is 14.4 Å². The van der Waals surface area contributed by atoms with Crippen LogP contribution in [0.3, 0.4) is 0 Å². The van der Waals surface area contributed by atoms with Crippen LogP contribution in [0.25, 0.3) is 0 Å². The molecule has 6 heteroatoms. The SMILES string of the molecule is CCCCNC(=O)CN1C(=O)C(C)N(c2ccc(C)cc2)C1=O. The van der Waals surface area contributed by atoms with Crippen molar-refractivity contribution in [2.75, 3.05) is 18.0 Å². The number of aryl methyl sites for hydroxylation is 1. The summed E-state index contributed by atoms with van der Waals surface area (Å²) < 4.78 is 0. The lowest BCUT2D eigenvalue weighted by molar-refractivity contribution is -0.131. The molecular weight excluding hydrogens is 294 g/mol. The predicted molar refractivity (Wildman–Crippen MR) is 88.1 cm³/mol. The molecule has 0 radical (unpaired) electrons. The van der Waals surface area contributed by atoms with E-state index >= 15 is 0 Å². The quantitative estimate of drug-likeness (QED) is 0.645. The van der Waals surface area contributed by atoms with Crippen molar-refractivity contribution in [2.24, 2.45) is 0 Å². The van der Waals surface area contributed by atoms with Gasteiger partial charge in [0.15, 0.2) is 0 Å². The number of nitrogens with zero attached hydrogens (tertiary/aromatic N) is 2. The van der Waals surface area contributed by atoms with Gasteiger partial charge in [0.1, 0.15) is 12.6 Å². The molecule has 2 rings (SSSR count). The Balaban J connectivity index is 2.08. The van der Waals surface area contributed by atoms with Gasteiger partial charge in [-0.15, -0.1) is 0 Å². The molecule has 1 aliphatic heterocycles. The molecule has 6 nitrogen and oxygen atoms in total. The molecule has 1 atom stereocenters. The van der Waals surface area contributed by atoms with Gasteiger partial charge in [-0.1, -0.05) is 31.0 Å². The van der Waals surface area contributed by atoms with Gasteiger partial charge in [0.05, 0.1) is 0 Å². The maximum atomic E-state index is 12.5. The second-order valence-corrected chi connectivity index (χ2v) is 5.79. The summed E-state index contributed by atoms with van der Waals surface area (Å²) in [4.78, 5) is 39.2. The van der Waals surface area contributed by atoms with Crippen molar-refractivity contribution in [1.82, 2.24) is 10.2 Å². The molecule has 1 heterocycles. The highest BCUT2D eigenvalue weighted by Crippen LogP contribution is 2.25. The van der Waals surface area contributed by atoms with Crippen LogP contribution in [0.4, 0.5) is 10.5 Å². The van der Waals surface area contributed by atoms with Crippen LogP contribution in [0.15, 0.2) is 24.3 Å². The van der Waals surface area contributed by atoms with E-state index in [0.717, 1.165) is 23.3 Å². The molecule has 1 aromatic carbocycles. The summed E-state index contributed by atoms with van der Waals surface area (Å²) in [5, 5.41) is 2.72. The molecule has 0 spiro atoms. The number of carbonyl (C=O) groups excluding carboxylic acids is 3. The summed E-state index contributed by atoms with van der Waals surface area (Å²) in [6.45, 7) is 5.99. The van der Waals surface area contributed by atoms with Crippen LogP contribution in [0.2, 0.25) is 0 Å². The lowest BCUT2D eigenvalue weighted by atomic mass is 10.2. The zero-order chi connectivity index (χ0) is 17.0. The third kappa shape index (κ3) is 3.70. The van der Waals surface area contributed by atoms with Crippen LogP contribution in [-0.4, -0.2) is 41.9 Å². The Kier molecular flexibility index (Phi) is 5.36. The number of carbonyl (C=O) groups is 3. The molecule has 1 aliphatic rings. The van der Waals surface area contributed by atoms with Gasteiger partial charge in [-0.3, -0.25) is 19.4 Å². The second kappa shape index (κ2) is 7.26. The number of imide groups is 1. The Labute approximate surface area is 136 Å². The molecule has 0 saturated carbocycles. The molecule has 0 aliphatic carbocycles. The summed E-state index contributed by atoms with van der Waals surface area (Å²) in [6, 6.07) is 6.34. The molecule has 23 heavy (non-hydrogen) atoms. The first-order valence-corrected chi connectivity index (χ1v) is 7.93. The first-order valence-electron chi connectivity index (χ1n) is 7.93. The van der Waals surface area contributed by atoms with E-state index < -0.39 is 12.1 Å². The molecule has 124 valence electrons. The van der Waals surface area contributed by atoms with Crippen LogP contribution in [0.5, 0.6) is 0 Å². The first-order chi connectivity index (χ1) is 11.0. The normalized spacial score (nSPS) is 17.8. The van der Waals surface area contributed by atoms with E-state index in [4.69, 9.17) is 0 Å². The average molecular weight is 317 g/mol. The van der Waals surface area contributed by atoms with Crippen LogP contribution in [0.1, 0.15) is 32.3 Å². The largest absolute Gasteiger partial charge is 0.355 e. The fraction of sp³-hybridized carbons (Fsp3) is 0.471. The number of hydrogen-bond donors (Lipinski definition) is 1. The number of benzene rings is 1. The van der Waals surface area contributed by atoms with Gasteiger partial charge in [0, 0.05) is 12.2 Å². The standard InChI is InChI=1S/C17H23N3O3/c1-4-5-10-18-15(21)11-19-16(22)13(3)20(17(19)23)14-8-6-12(2)7-9-14/h6-9,13H,4-5,10-11H2,1-3H3,(H,18,21). The number of urea groups is 1. The van der Waals surface area contributed by atoms with Gasteiger partial charge in [0.25, 0.3) is 5.91 Å². The maximum Gasteiger partial charge on any atom is 0.332 e. The van der Waals surface area contributed by atoms with Crippen LogP contribution >= 0.6 is 0 Å². The Bertz CT molecular complexity index is 598. The van der Waals surface area contributed by atoms with Gasteiger partial charge in [-0.2, -0.15) is 0 Å². The van der Waals surface area contributed by atoms with Crippen molar-refractivity contribution in [2.45, 2.75) is 39.7 Å². The van der Waals surface area contributed by atoms with Crippen molar-refractivity contribution in [1.29, 1.82) is 0 Å². The molecule has 1 aromatic rings. The van der Waals surface area contributed by atoms with Gasteiger partial charge in [0.2, 0.25) is 5.91 Å². The van der Waals surface area contributed by atoms with E-state index in [1.54, 1.807) is 6.92 Å². The van der Waals surface area contributed by atoms with Crippen molar-refractivity contribution in [3.63, 3.8) is 0 Å². The van der Waals surface area contributed by atoms with Crippen LogP contribution < -0.4 is 10.2 Å². The highest BCUT2D eigenvalue weighted by molar-refractivity contribution is 6.15. The number of unbranched alkanes of at least 4 members (excludes halogenated alkanes) is 1. The Hall–Kier alpha value is -2.37. The Morgan fingerprint density at radius 1 is 1.22 bits per heavy atom. The number of nitrogens with one attached hydrogen (secondary N) is 1. The second-order valence-electron chi connectivity index (χ2n) is 5.79. The van der Waals surface area contributed by atoms with Gasteiger partial charge < -0.3 is 5.32 Å². The summed E-state index contributed by atoms with van der Waals surface area (Å²) in [5.74, 6) is -0.653. The van der Waals surface area contributed by atoms with Crippen molar-refractivity contribution < 1.29 is 14.4 Å². The zero-order valence-corrected chi connectivity index (χ0v) is 13.8. The minimum Gasteiger partial charge on any atom is -0.355 e. The number of rotatable bonds is 6. The third-order valence-corrected chi connectivity index (χ3v) is 3.91. The molecule has 1 unspecified atom stereocenters. The van der Waals surface area contributed by atoms with E-state index in [0.29, 0.717) is 12.2 Å². The predicted octanol–water partition coefficient (Wildman–Crippen LogP) is 2.07. The fourth-order valence-electron chi connectivity index (χ4n) is 2.51. The highest BCUT2D eigenvalue weighted by Gasteiger charge is 2.43. The molecule has 4 amide bonds. The molecule has 1 N–H and O–H groups in total. The van der Waals surface area contributed by atoms with Crippen molar-refractivity contribution in [3.8, 4) is 0 Å². The van der Waals surface area contributed by atoms with Crippen molar-refractivity contribution >= 4 is 23.5 Å².